The summed E-state index contributed by atoms with van der Waals surface area (Å²) in [5.41, 5.74) is 4.04. The van der Waals surface area contributed by atoms with E-state index in [1.54, 1.807) is 7.11 Å². The fourth-order valence-corrected chi connectivity index (χ4v) is 6.57. The summed E-state index contributed by atoms with van der Waals surface area (Å²) in [5.74, 6) is 4.37. The average Bonchev–Trinajstić information content (AvgIpc) is 3.08. The molecule has 0 amide bonds. The highest BCUT2D eigenvalue weighted by Crippen LogP contribution is 2.60. The Morgan fingerprint density at radius 3 is 2.57 bits per heavy atom. The Bertz CT molecular complexity index is 947. The van der Waals surface area contributed by atoms with E-state index in [2.05, 4.69) is 31.7 Å². The summed E-state index contributed by atoms with van der Waals surface area (Å²) in [6.45, 7) is 6.45. The predicted octanol–water partition coefficient (Wildman–Crippen LogP) is 5.96. The summed E-state index contributed by atoms with van der Waals surface area (Å²) in [5, 5.41) is 10.6. The number of benzene rings is 2. The summed E-state index contributed by atoms with van der Waals surface area (Å²) in [6, 6.07) is 14.4. The SMILES string of the molecule is C=C(Oc1ccc2c(c1)CC[C@@H]1[C@@H]2CC[C@]2(C)[C@H](O)CC[C@@H]12)c1ccc(OC)cc1. The van der Waals surface area contributed by atoms with Crippen LogP contribution < -0.4 is 9.47 Å². The second-order valence-corrected chi connectivity index (χ2v) is 9.67. The van der Waals surface area contributed by atoms with Crippen LogP contribution in [0.3, 0.4) is 0 Å². The van der Waals surface area contributed by atoms with Crippen LogP contribution in [0.2, 0.25) is 0 Å². The number of aliphatic hydroxyl groups excluding tert-OH is 1. The van der Waals surface area contributed by atoms with E-state index in [4.69, 9.17) is 9.47 Å². The van der Waals surface area contributed by atoms with Gasteiger partial charge in [-0.05, 0) is 109 Å². The van der Waals surface area contributed by atoms with Crippen LogP contribution in [0.4, 0.5) is 0 Å². The van der Waals surface area contributed by atoms with E-state index < -0.39 is 0 Å². The minimum absolute atomic E-state index is 0.107. The van der Waals surface area contributed by atoms with Crippen LogP contribution in [0, 0.1) is 17.3 Å². The van der Waals surface area contributed by atoms with Gasteiger partial charge in [0.1, 0.15) is 17.3 Å². The van der Waals surface area contributed by atoms with E-state index in [-0.39, 0.29) is 11.5 Å². The van der Waals surface area contributed by atoms with Crippen LogP contribution in [0.15, 0.2) is 49.0 Å². The minimum atomic E-state index is -0.107. The normalized spacial score (nSPS) is 32.0. The molecule has 1 N–H and O–H groups in total. The summed E-state index contributed by atoms with van der Waals surface area (Å²) in [7, 11) is 1.67. The first-order chi connectivity index (χ1) is 14.5. The molecule has 0 radical (unpaired) electrons. The van der Waals surface area contributed by atoms with Crippen LogP contribution in [0.25, 0.3) is 5.76 Å². The Hall–Kier alpha value is -2.26. The number of fused-ring (bicyclic) bond motifs is 5. The quantitative estimate of drug-likeness (QED) is 0.639. The van der Waals surface area contributed by atoms with Crippen LogP contribution in [0.1, 0.15) is 61.6 Å². The van der Waals surface area contributed by atoms with Crippen LogP contribution >= 0.6 is 0 Å². The minimum Gasteiger partial charge on any atom is -0.497 e. The molecule has 3 heteroatoms. The van der Waals surface area contributed by atoms with E-state index in [1.807, 2.05) is 24.3 Å². The highest BCUT2D eigenvalue weighted by atomic mass is 16.5. The van der Waals surface area contributed by atoms with Crippen molar-refractivity contribution in [1.82, 2.24) is 0 Å². The molecule has 3 nitrogen and oxygen atoms in total. The van der Waals surface area contributed by atoms with Gasteiger partial charge < -0.3 is 14.6 Å². The standard InChI is InChI=1S/C27H32O3/c1-17(18-4-7-20(29-3)8-5-18)30-21-9-11-22-19(16-21)6-10-24-23(22)14-15-27(2)25(24)12-13-26(27)28/h4-5,7-9,11,16,23-26,28H,1,6,10,12-15H2,2-3H3/t23-,24-,25+,26-,27+/m1/s1. The monoisotopic (exact) mass is 404 g/mol. The second kappa shape index (κ2) is 7.46. The third kappa shape index (κ3) is 3.15. The predicted molar refractivity (Wildman–Crippen MR) is 120 cm³/mol. The molecular formula is C27H32O3. The van der Waals surface area contributed by atoms with Gasteiger partial charge in [0.25, 0.3) is 0 Å². The van der Waals surface area contributed by atoms with E-state index in [0.717, 1.165) is 42.2 Å². The number of hydrogen-bond acceptors (Lipinski definition) is 3. The molecule has 0 unspecified atom stereocenters. The molecule has 0 heterocycles. The zero-order valence-corrected chi connectivity index (χ0v) is 18.1. The second-order valence-electron chi connectivity index (χ2n) is 9.67. The molecule has 5 atom stereocenters. The van der Waals surface area contributed by atoms with Gasteiger partial charge in [-0.1, -0.05) is 19.6 Å². The Morgan fingerprint density at radius 1 is 1.03 bits per heavy atom. The molecule has 3 aliphatic carbocycles. The molecule has 158 valence electrons. The fourth-order valence-electron chi connectivity index (χ4n) is 6.57. The van der Waals surface area contributed by atoms with E-state index in [1.165, 1.54) is 30.4 Å². The van der Waals surface area contributed by atoms with Gasteiger partial charge >= 0.3 is 0 Å². The first-order valence-electron chi connectivity index (χ1n) is 11.3. The van der Waals surface area contributed by atoms with Crippen LogP contribution in [0.5, 0.6) is 11.5 Å². The number of aryl methyl sites for hydroxylation is 1. The number of methoxy groups -OCH3 is 1. The number of aliphatic hydroxyl groups is 1. The van der Waals surface area contributed by atoms with Crippen molar-refractivity contribution in [3.05, 3.63) is 65.7 Å². The topological polar surface area (TPSA) is 38.7 Å². The smallest absolute Gasteiger partial charge is 0.127 e. The van der Waals surface area contributed by atoms with Gasteiger partial charge in [0, 0.05) is 5.56 Å². The zero-order chi connectivity index (χ0) is 20.9. The third-order valence-corrected chi connectivity index (χ3v) is 8.30. The Kier molecular flexibility index (Phi) is 4.89. The van der Waals surface area contributed by atoms with E-state index in [0.29, 0.717) is 17.6 Å². The van der Waals surface area contributed by atoms with Gasteiger partial charge in [0.2, 0.25) is 0 Å². The van der Waals surface area contributed by atoms with Crippen molar-refractivity contribution in [1.29, 1.82) is 0 Å². The van der Waals surface area contributed by atoms with Crippen molar-refractivity contribution in [3.8, 4) is 11.5 Å². The molecule has 0 saturated heterocycles. The summed E-state index contributed by atoms with van der Waals surface area (Å²) >= 11 is 0. The number of rotatable bonds is 4. The first-order valence-corrected chi connectivity index (χ1v) is 11.3. The molecule has 30 heavy (non-hydrogen) atoms. The maximum atomic E-state index is 10.6. The average molecular weight is 405 g/mol. The third-order valence-electron chi connectivity index (χ3n) is 8.30. The van der Waals surface area contributed by atoms with Gasteiger partial charge in [-0.25, -0.2) is 0 Å². The van der Waals surface area contributed by atoms with E-state index >= 15 is 0 Å². The van der Waals surface area contributed by atoms with Crippen molar-refractivity contribution in [2.45, 2.75) is 57.5 Å². The van der Waals surface area contributed by atoms with Gasteiger partial charge in [0.15, 0.2) is 0 Å². The Balaban J connectivity index is 1.34. The van der Waals surface area contributed by atoms with Gasteiger partial charge in [0.05, 0.1) is 13.2 Å². The number of hydrogen-bond donors (Lipinski definition) is 1. The summed E-state index contributed by atoms with van der Waals surface area (Å²) in [6.07, 6.45) is 6.74. The Labute approximate surface area is 179 Å². The molecule has 0 bridgehead atoms. The molecule has 2 aromatic rings. The summed E-state index contributed by atoms with van der Waals surface area (Å²) in [4.78, 5) is 0. The largest absolute Gasteiger partial charge is 0.497 e. The van der Waals surface area contributed by atoms with Gasteiger partial charge in [-0.3, -0.25) is 0 Å². The first kappa shape index (κ1) is 19.7. The molecule has 2 fully saturated rings. The lowest BCUT2D eigenvalue weighted by Crippen LogP contribution is -2.43. The number of ether oxygens (including phenoxy) is 2. The Morgan fingerprint density at radius 2 is 1.80 bits per heavy atom. The highest BCUT2D eigenvalue weighted by Gasteiger charge is 2.54. The molecule has 2 saturated carbocycles. The van der Waals surface area contributed by atoms with Crippen molar-refractivity contribution in [2.75, 3.05) is 7.11 Å². The van der Waals surface area contributed by atoms with Crippen molar-refractivity contribution in [2.24, 2.45) is 17.3 Å². The van der Waals surface area contributed by atoms with Gasteiger partial charge in [-0.2, -0.15) is 0 Å². The van der Waals surface area contributed by atoms with Crippen LogP contribution in [-0.2, 0) is 6.42 Å². The van der Waals surface area contributed by atoms with E-state index in [9.17, 15) is 5.11 Å². The van der Waals surface area contributed by atoms with Gasteiger partial charge in [-0.15, -0.1) is 0 Å². The molecular weight excluding hydrogens is 372 g/mol. The lowest BCUT2D eigenvalue weighted by atomic mass is 9.55. The van der Waals surface area contributed by atoms with Crippen molar-refractivity contribution in [3.63, 3.8) is 0 Å². The van der Waals surface area contributed by atoms with Crippen molar-refractivity contribution >= 4 is 5.76 Å². The molecule has 2 aromatic carbocycles. The zero-order valence-electron chi connectivity index (χ0n) is 18.1. The fraction of sp³-hybridized carbons (Fsp3) is 0.481. The highest BCUT2D eigenvalue weighted by molar-refractivity contribution is 5.61. The summed E-state index contributed by atoms with van der Waals surface area (Å²) < 4.78 is 11.3. The lowest BCUT2D eigenvalue weighted by molar-refractivity contribution is -0.0226. The molecule has 5 rings (SSSR count). The molecule has 3 aliphatic rings. The molecule has 0 aromatic heterocycles. The lowest BCUT2D eigenvalue weighted by Gasteiger charge is -2.50. The van der Waals surface area contributed by atoms with Crippen LogP contribution in [-0.4, -0.2) is 18.3 Å². The maximum Gasteiger partial charge on any atom is 0.127 e. The van der Waals surface area contributed by atoms with Crippen molar-refractivity contribution < 1.29 is 14.6 Å². The molecule has 0 aliphatic heterocycles. The maximum absolute atomic E-state index is 10.6. The molecule has 0 spiro atoms.